The molecule has 0 aliphatic heterocycles. The molecule has 1 amide bonds. The highest BCUT2D eigenvalue weighted by molar-refractivity contribution is 7.09. The van der Waals surface area contributed by atoms with Gasteiger partial charge in [0, 0.05) is 11.8 Å². The van der Waals surface area contributed by atoms with Gasteiger partial charge in [-0.05, 0) is 19.8 Å². The molecule has 0 fully saturated rings. The second-order valence-corrected chi connectivity index (χ2v) is 6.21. The van der Waals surface area contributed by atoms with Crippen LogP contribution in [0.25, 0.3) is 11.4 Å². The van der Waals surface area contributed by atoms with Crippen LogP contribution in [0.4, 0.5) is 0 Å². The van der Waals surface area contributed by atoms with Crippen molar-refractivity contribution in [2.75, 3.05) is 14.2 Å². The maximum atomic E-state index is 11.5. The zero-order valence-corrected chi connectivity index (χ0v) is 15.0. The van der Waals surface area contributed by atoms with Crippen LogP contribution in [-0.2, 0) is 11.2 Å². The molecule has 2 aromatic heterocycles. The monoisotopic (exact) mass is 365 g/mol. The van der Waals surface area contributed by atoms with Crippen LogP contribution in [0.3, 0.4) is 0 Å². The summed E-state index contributed by atoms with van der Waals surface area (Å²) in [7, 11) is 2.73. The van der Waals surface area contributed by atoms with E-state index in [4.69, 9.17) is 15.2 Å². The number of aryl methyl sites for hydroxylation is 1. The Morgan fingerprint density at radius 2 is 1.92 bits per heavy atom. The second-order valence-electron chi connectivity index (χ2n) is 5.27. The summed E-state index contributed by atoms with van der Waals surface area (Å²) in [5, 5.41) is 12.7. The number of hydrogen-bond donors (Lipinski definition) is 2. The SMILES string of the molecule is COc1c(-c2csc(CCCC(C)=O)n2)nc(C(N)=O)c(O)c1OC. The van der Waals surface area contributed by atoms with Gasteiger partial charge in [-0.2, -0.15) is 0 Å². The fraction of sp³-hybridized carbons (Fsp3) is 0.375. The van der Waals surface area contributed by atoms with Gasteiger partial charge in [0.15, 0.2) is 17.2 Å². The van der Waals surface area contributed by atoms with Crippen LogP contribution in [0.1, 0.15) is 35.3 Å². The predicted molar refractivity (Wildman–Crippen MR) is 92.3 cm³/mol. The highest BCUT2D eigenvalue weighted by Crippen LogP contribution is 2.44. The van der Waals surface area contributed by atoms with E-state index in [0.717, 1.165) is 5.01 Å². The number of aromatic nitrogens is 2. The number of rotatable bonds is 8. The molecule has 2 heterocycles. The number of ketones is 1. The van der Waals surface area contributed by atoms with Crippen molar-refractivity contribution in [1.82, 2.24) is 9.97 Å². The van der Waals surface area contributed by atoms with Crippen molar-refractivity contribution in [2.24, 2.45) is 5.73 Å². The van der Waals surface area contributed by atoms with Gasteiger partial charge in [0.25, 0.3) is 5.91 Å². The number of nitrogens with zero attached hydrogens (tertiary/aromatic N) is 2. The molecule has 0 aliphatic carbocycles. The fourth-order valence-electron chi connectivity index (χ4n) is 2.29. The lowest BCUT2D eigenvalue weighted by molar-refractivity contribution is -0.117. The van der Waals surface area contributed by atoms with Gasteiger partial charge in [-0.1, -0.05) is 0 Å². The largest absolute Gasteiger partial charge is 0.503 e. The van der Waals surface area contributed by atoms with Gasteiger partial charge in [0.1, 0.15) is 17.2 Å². The molecule has 0 radical (unpaired) electrons. The van der Waals surface area contributed by atoms with Gasteiger partial charge in [0.2, 0.25) is 5.75 Å². The van der Waals surface area contributed by atoms with Gasteiger partial charge in [-0.15, -0.1) is 11.3 Å². The van der Waals surface area contributed by atoms with Gasteiger partial charge < -0.3 is 25.1 Å². The zero-order chi connectivity index (χ0) is 18.6. The third-order valence-electron chi connectivity index (χ3n) is 3.44. The van der Waals surface area contributed by atoms with E-state index in [0.29, 0.717) is 25.0 Å². The minimum absolute atomic E-state index is 0.0348. The number of primary amides is 1. The van der Waals surface area contributed by atoms with E-state index in [1.807, 2.05) is 0 Å². The summed E-state index contributed by atoms with van der Waals surface area (Å²) in [6.45, 7) is 1.55. The van der Waals surface area contributed by atoms with Gasteiger partial charge in [-0.3, -0.25) is 4.79 Å². The molecule has 134 valence electrons. The normalized spacial score (nSPS) is 10.5. The van der Waals surface area contributed by atoms with Crippen molar-refractivity contribution in [1.29, 1.82) is 0 Å². The van der Waals surface area contributed by atoms with Crippen LogP contribution in [-0.4, -0.2) is 41.0 Å². The van der Waals surface area contributed by atoms with E-state index in [1.165, 1.54) is 25.6 Å². The molecule has 0 atom stereocenters. The smallest absolute Gasteiger partial charge is 0.271 e. The van der Waals surface area contributed by atoms with Gasteiger partial charge in [0.05, 0.1) is 19.2 Å². The molecular formula is C16H19N3O5S. The van der Waals surface area contributed by atoms with Gasteiger partial charge >= 0.3 is 0 Å². The Bertz CT molecular complexity index is 803. The fourth-order valence-corrected chi connectivity index (χ4v) is 3.11. The molecule has 25 heavy (non-hydrogen) atoms. The Morgan fingerprint density at radius 3 is 2.48 bits per heavy atom. The van der Waals surface area contributed by atoms with E-state index >= 15 is 0 Å². The third-order valence-corrected chi connectivity index (χ3v) is 4.35. The zero-order valence-electron chi connectivity index (χ0n) is 14.2. The number of methoxy groups -OCH3 is 2. The summed E-state index contributed by atoms with van der Waals surface area (Å²) < 4.78 is 10.4. The van der Waals surface area contributed by atoms with E-state index < -0.39 is 11.7 Å². The first-order chi connectivity index (χ1) is 11.9. The maximum Gasteiger partial charge on any atom is 0.271 e. The minimum atomic E-state index is -0.892. The number of amides is 1. The average molecular weight is 365 g/mol. The number of ether oxygens (including phenoxy) is 2. The molecule has 9 heteroatoms. The van der Waals surface area contributed by atoms with Crippen LogP contribution < -0.4 is 15.2 Å². The molecule has 0 bridgehead atoms. The van der Waals surface area contributed by atoms with Crippen molar-refractivity contribution < 1.29 is 24.2 Å². The lowest BCUT2D eigenvalue weighted by Gasteiger charge is -2.14. The second kappa shape index (κ2) is 7.93. The summed E-state index contributed by atoms with van der Waals surface area (Å²) in [6.07, 6.45) is 1.86. The number of aromatic hydroxyl groups is 1. The van der Waals surface area contributed by atoms with Crippen LogP contribution in [0.15, 0.2) is 5.38 Å². The number of carbonyl (C=O) groups excluding carboxylic acids is 2. The Hall–Kier alpha value is -2.68. The van der Waals surface area contributed by atoms with Crippen molar-refractivity contribution in [3.05, 3.63) is 16.1 Å². The first-order valence-corrected chi connectivity index (χ1v) is 8.35. The predicted octanol–water partition coefficient (Wildman–Crippen LogP) is 1.94. The number of Topliss-reactive ketones (excluding diaryl/α,β-unsaturated/α-hetero) is 1. The lowest BCUT2D eigenvalue weighted by atomic mass is 10.2. The van der Waals surface area contributed by atoms with E-state index in [2.05, 4.69) is 9.97 Å². The quantitative estimate of drug-likeness (QED) is 0.732. The van der Waals surface area contributed by atoms with E-state index in [1.54, 1.807) is 12.3 Å². The van der Waals surface area contributed by atoms with Crippen LogP contribution in [0.2, 0.25) is 0 Å². The Balaban J connectivity index is 2.44. The average Bonchev–Trinajstić information content (AvgIpc) is 3.02. The van der Waals surface area contributed by atoms with E-state index in [9.17, 15) is 14.7 Å². The summed E-state index contributed by atoms with van der Waals surface area (Å²) in [4.78, 5) is 31.1. The summed E-state index contributed by atoms with van der Waals surface area (Å²) in [5.74, 6) is -1.11. The molecule has 0 aliphatic rings. The Labute approximate surface area is 148 Å². The van der Waals surface area contributed by atoms with Crippen LogP contribution in [0, 0.1) is 0 Å². The molecule has 0 saturated carbocycles. The van der Waals surface area contributed by atoms with Crippen LogP contribution >= 0.6 is 11.3 Å². The Kier molecular flexibility index (Phi) is 5.92. The molecule has 0 unspecified atom stereocenters. The van der Waals surface area contributed by atoms with Crippen molar-refractivity contribution >= 4 is 23.0 Å². The van der Waals surface area contributed by atoms with Crippen molar-refractivity contribution in [3.8, 4) is 28.6 Å². The molecule has 3 N–H and O–H groups in total. The molecule has 2 aromatic rings. The number of thiazole rings is 1. The third kappa shape index (κ3) is 4.05. The number of hydrogen-bond acceptors (Lipinski definition) is 8. The van der Waals surface area contributed by atoms with Crippen molar-refractivity contribution in [2.45, 2.75) is 26.2 Å². The first-order valence-electron chi connectivity index (χ1n) is 7.48. The molecule has 0 spiro atoms. The molecule has 2 rings (SSSR count). The van der Waals surface area contributed by atoms with Crippen LogP contribution in [0.5, 0.6) is 17.2 Å². The lowest BCUT2D eigenvalue weighted by Crippen LogP contribution is -2.15. The topological polar surface area (TPSA) is 125 Å². The number of pyridine rings is 1. The maximum absolute atomic E-state index is 11.5. The number of nitrogens with two attached hydrogens (primary N) is 1. The summed E-state index contributed by atoms with van der Waals surface area (Å²) >= 11 is 1.41. The Morgan fingerprint density at radius 1 is 1.24 bits per heavy atom. The van der Waals surface area contributed by atoms with Gasteiger partial charge in [-0.25, -0.2) is 9.97 Å². The highest BCUT2D eigenvalue weighted by atomic mass is 32.1. The first kappa shape index (κ1) is 18.7. The van der Waals surface area contributed by atoms with E-state index in [-0.39, 0.29) is 28.7 Å². The molecule has 0 aromatic carbocycles. The highest BCUT2D eigenvalue weighted by Gasteiger charge is 2.25. The number of carbonyl (C=O) groups is 2. The molecule has 0 saturated heterocycles. The molecule has 8 nitrogen and oxygen atoms in total. The standard InChI is InChI=1S/C16H19N3O5S/c1-8(20)5-4-6-10-18-9(7-25-10)11-14(23-2)15(24-3)13(21)12(19-11)16(17)22/h7,21H,4-6H2,1-3H3,(H2,17,22). The minimum Gasteiger partial charge on any atom is -0.503 e. The van der Waals surface area contributed by atoms with Crippen molar-refractivity contribution in [3.63, 3.8) is 0 Å². The summed E-state index contributed by atoms with van der Waals surface area (Å²) in [6, 6.07) is 0. The summed E-state index contributed by atoms with van der Waals surface area (Å²) in [5.41, 5.74) is 5.67. The molecular weight excluding hydrogens is 346 g/mol.